The van der Waals surface area contributed by atoms with E-state index in [1.54, 1.807) is 41.8 Å². The maximum absolute atomic E-state index is 12.5. The zero-order valence-corrected chi connectivity index (χ0v) is 18.4. The van der Waals surface area contributed by atoms with Crippen molar-refractivity contribution in [2.24, 2.45) is 10.1 Å². The van der Waals surface area contributed by atoms with Gasteiger partial charge < -0.3 is 9.47 Å². The summed E-state index contributed by atoms with van der Waals surface area (Å²) in [5.74, 6) is -0.404. The largest absolute Gasteiger partial charge is 0.493 e. The van der Waals surface area contributed by atoms with Crippen molar-refractivity contribution in [3.05, 3.63) is 51.7 Å². The average Bonchev–Trinajstić information content (AvgIpc) is 3.42. The molecule has 3 heterocycles. The third-order valence-electron chi connectivity index (χ3n) is 4.38. The van der Waals surface area contributed by atoms with E-state index in [1.807, 2.05) is 6.92 Å². The van der Waals surface area contributed by atoms with Crippen LogP contribution in [0.4, 0.5) is 0 Å². The number of hydrogen-bond donors (Lipinski definition) is 1. The van der Waals surface area contributed by atoms with E-state index in [4.69, 9.17) is 14.9 Å². The quantitative estimate of drug-likeness (QED) is 0.394. The molecule has 2 aromatic rings. The van der Waals surface area contributed by atoms with E-state index in [1.165, 1.54) is 35.2 Å². The fourth-order valence-corrected chi connectivity index (χ4v) is 4.50. The smallest absolute Gasteiger partial charge is 0.353 e. The molecule has 158 valence electrons. The molecule has 31 heavy (non-hydrogen) atoms. The maximum Gasteiger partial charge on any atom is 0.353 e. The van der Waals surface area contributed by atoms with Gasteiger partial charge in [0.1, 0.15) is 9.92 Å². The highest BCUT2D eigenvalue weighted by molar-refractivity contribution is 8.26. The molecule has 8 nitrogen and oxygen atoms in total. The second-order valence-electron chi connectivity index (χ2n) is 6.54. The lowest BCUT2D eigenvalue weighted by Gasteiger charge is -2.20. The number of hydrazone groups is 1. The first kappa shape index (κ1) is 21.0. The lowest BCUT2D eigenvalue weighted by Crippen LogP contribution is -2.35. The fourth-order valence-electron chi connectivity index (χ4n) is 2.92. The molecule has 0 bridgehead atoms. The summed E-state index contributed by atoms with van der Waals surface area (Å²) >= 11 is 2.60. The van der Waals surface area contributed by atoms with Crippen LogP contribution in [-0.2, 0) is 4.79 Å². The molecule has 2 aliphatic rings. The molecule has 2 aliphatic heterocycles. The lowest BCUT2D eigenvalue weighted by atomic mass is 10.1. The fraction of sp³-hybridized carbons (Fsp3) is 0.190. The van der Waals surface area contributed by atoms with Crippen LogP contribution >= 0.6 is 23.1 Å². The Bertz CT molecular complexity index is 1150. The van der Waals surface area contributed by atoms with E-state index < -0.39 is 11.9 Å². The Hall–Kier alpha value is -3.24. The SMILES string of the molecule is CCCC1=NN2C(=N)C(=Cc3ccc(OC(=O)c4cccs4)c(OC)c3)C(=O)N=C2S1. The Labute approximate surface area is 186 Å². The van der Waals surface area contributed by atoms with Gasteiger partial charge in [-0.15, -0.1) is 11.3 Å². The number of hydrogen-bond acceptors (Lipinski definition) is 8. The molecule has 0 saturated carbocycles. The van der Waals surface area contributed by atoms with Crippen LogP contribution in [0.2, 0.25) is 0 Å². The molecule has 4 rings (SSSR count). The number of esters is 1. The van der Waals surface area contributed by atoms with Gasteiger partial charge in [-0.1, -0.05) is 19.1 Å². The van der Waals surface area contributed by atoms with E-state index in [9.17, 15) is 9.59 Å². The molecule has 1 amide bonds. The highest BCUT2D eigenvalue weighted by Crippen LogP contribution is 2.32. The molecule has 0 fully saturated rings. The van der Waals surface area contributed by atoms with Crippen molar-refractivity contribution in [2.45, 2.75) is 19.8 Å². The van der Waals surface area contributed by atoms with Crippen LogP contribution in [0.1, 0.15) is 35.0 Å². The van der Waals surface area contributed by atoms with Crippen LogP contribution in [-0.4, -0.2) is 40.0 Å². The van der Waals surface area contributed by atoms with Crippen molar-refractivity contribution in [2.75, 3.05) is 7.11 Å². The molecule has 0 spiro atoms. The summed E-state index contributed by atoms with van der Waals surface area (Å²) in [5.41, 5.74) is 0.723. The Balaban J connectivity index is 1.59. The maximum atomic E-state index is 12.5. The van der Waals surface area contributed by atoms with Crippen LogP contribution in [0, 0.1) is 5.41 Å². The monoisotopic (exact) mass is 454 g/mol. The molecule has 0 saturated heterocycles. The summed E-state index contributed by atoms with van der Waals surface area (Å²) in [6.45, 7) is 2.04. The number of amides is 1. The van der Waals surface area contributed by atoms with Crippen LogP contribution in [0.25, 0.3) is 6.08 Å². The predicted molar refractivity (Wildman–Crippen MR) is 122 cm³/mol. The molecular formula is C21H18N4O4S2. The molecule has 1 aromatic heterocycles. The minimum atomic E-state index is -0.496. The van der Waals surface area contributed by atoms with Crippen molar-refractivity contribution in [1.82, 2.24) is 5.01 Å². The van der Waals surface area contributed by atoms with Gasteiger partial charge in [-0.3, -0.25) is 10.2 Å². The minimum absolute atomic E-state index is 0.0271. The summed E-state index contributed by atoms with van der Waals surface area (Å²) in [5, 5.41) is 17.2. The normalized spacial score (nSPS) is 16.8. The van der Waals surface area contributed by atoms with E-state index in [-0.39, 0.29) is 17.2 Å². The van der Waals surface area contributed by atoms with Gasteiger partial charge >= 0.3 is 5.97 Å². The number of methoxy groups -OCH3 is 1. The second-order valence-corrected chi connectivity index (χ2v) is 8.53. The average molecular weight is 455 g/mol. The summed E-state index contributed by atoms with van der Waals surface area (Å²) in [6.07, 6.45) is 3.24. The van der Waals surface area contributed by atoms with Gasteiger partial charge in [0.2, 0.25) is 5.17 Å². The third-order valence-corrected chi connectivity index (χ3v) is 6.20. The zero-order chi connectivity index (χ0) is 22.0. The Morgan fingerprint density at radius 1 is 1.29 bits per heavy atom. The van der Waals surface area contributed by atoms with E-state index >= 15 is 0 Å². The van der Waals surface area contributed by atoms with E-state index in [0.29, 0.717) is 21.4 Å². The number of aliphatic imine (C=N–C) groups is 1. The topological polar surface area (TPSA) is 104 Å². The number of thiophene rings is 1. The Morgan fingerprint density at radius 2 is 2.13 bits per heavy atom. The van der Waals surface area contributed by atoms with Gasteiger partial charge in [0.25, 0.3) is 5.91 Å². The van der Waals surface area contributed by atoms with Crippen molar-refractivity contribution in [3.63, 3.8) is 0 Å². The van der Waals surface area contributed by atoms with Gasteiger partial charge in [-0.05, 0) is 59.8 Å². The third kappa shape index (κ3) is 4.30. The molecule has 0 aliphatic carbocycles. The van der Waals surface area contributed by atoms with Crippen LogP contribution in [0.3, 0.4) is 0 Å². The second kappa shape index (κ2) is 8.86. The first-order valence-corrected chi connectivity index (χ1v) is 11.1. The summed E-state index contributed by atoms with van der Waals surface area (Å²) in [7, 11) is 1.46. The van der Waals surface area contributed by atoms with E-state index in [2.05, 4.69) is 10.1 Å². The van der Waals surface area contributed by atoms with Gasteiger partial charge in [0.05, 0.1) is 12.7 Å². The van der Waals surface area contributed by atoms with Crippen LogP contribution in [0.15, 0.2) is 51.4 Å². The molecule has 0 unspecified atom stereocenters. The number of carbonyl (C=O) groups is 2. The van der Waals surface area contributed by atoms with Crippen molar-refractivity contribution >= 4 is 57.1 Å². The van der Waals surface area contributed by atoms with E-state index in [0.717, 1.165) is 17.9 Å². The highest BCUT2D eigenvalue weighted by atomic mass is 32.2. The van der Waals surface area contributed by atoms with Crippen molar-refractivity contribution < 1.29 is 19.1 Å². The Morgan fingerprint density at radius 3 is 2.84 bits per heavy atom. The lowest BCUT2D eigenvalue weighted by molar-refractivity contribution is -0.114. The van der Waals surface area contributed by atoms with Crippen molar-refractivity contribution in [3.8, 4) is 11.5 Å². The number of carbonyl (C=O) groups excluding carboxylic acids is 2. The number of ether oxygens (including phenoxy) is 2. The number of fused-ring (bicyclic) bond motifs is 1. The first-order valence-electron chi connectivity index (χ1n) is 9.43. The predicted octanol–water partition coefficient (Wildman–Crippen LogP) is 4.40. The van der Waals surface area contributed by atoms with Gasteiger partial charge in [-0.2, -0.15) is 15.1 Å². The molecule has 10 heteroatoms. The number of rotatable bonds is 6. The summed E-state index contributed by atoms with van der Waals surface area (Å²) in [6, 6.07) is 8.35. The number of benzene rings is 1. The minimum Gasteiger partial charge on any atom is -0.493 e. The standard InChI is InChI=1S/C21H18N4O4S2/c1-3-5-17-24-25-18(22)13(19(26)23-21(25)31-17)10-12-7-8-14(15(11-12)28-2)29-20(27)16-6-4-9-30-16/h4,6-11,22H,3,5H2,1-2H3. The number of nitrogens with one attached hydrogen (secondary N) is 1. The number of amidine groups is 2. The molecule has 1 N–H and O–H groups in total. The van der Waals surface area contributed by atoms with Gasteiger partial charge in [0.15, 0.2) is 17.3 Å². The molecule has 1 aromatic carbocycles. The molecule has 0 atom stereocenters. The van der Waals surface area contributed by atoms with Gasteiger partial charge in [-0.25, -0.2) is 4.79 Å². The van der Waals surface area contributed by atoms with Crippen molar-refractivity contribution in [1.29, 1.82) is 5.41 Å². The zero-order valence-electron chi connectivity index (χ0n) is 16.7. The summed E-state index contributed by atoms with van der Waals surface area (Å²) in [4.78, 5) is 29.3. The first-order chi connectivity index (χ1) is 15.0. The van der Waals surface area contributed by atoms with Gasteiger partial charge in [0, 0.05) is 0 Å². The number of nitrogens with zero attached hydrogens (tertiary/aromatic N) is 3. The van der Waals surface area contributed by atoms with Crippen LogP contribution < -0.4 is 9.47 Å². The molecular weight excluding hydrogens is 436 g/mol. The Kier molecular flexibility index (Phi) is 6.01. The highest BCUT2D eigenvalue weighted by Gasteiger charge is 2.35. The van der Waals surface area contributed by atoms with Crippen LogP contribution in [0.5, 0.6) is 11.5 Å². The summed E-state index contributed by atoms with van der Waals surface area (Å²) < 4.78 is 10.8. The number of thioether (sulfide) groups is 1. The molecule has 0 radical (unpaired) electrons.